The van der Waals surface area contributed by atoms with E-state index < -0.39 is 6.04 Å². The minimum absolute atomic E-state index is 0.183. The minimum atomic E-state index is -0.498. The van der Waals surface area contributed by atoms with E-state index in [9.17, 15) is 9.59 Å². The van der Waals surface area contributed by atoms with Crippen LogP contribution in [0.1, 0.15) is 5.56 Å². The Morgan fingerprint density at radius 1 is 1.31 bits per heavy atom. The smallest absolute Gasteiger partial charge is 0.324 e. The van der Waals surface area contributed by atoms with Gasteiger partial charge in [0, 0.05) is 13.5 Å². The van der Waals surface area contributed by atoms with Crippen molar-refractivity contribution in [1.82, 2.24) is 10.2 Å². The van der Waals surface area contributed by atoms with Gasteiger partial charge in [0.1, 0.15) is 11.8 Å². The van der Waals surface area contributed by atoms with Crippen molar-refractivity contribution < 1.29 is 14.7 Å². The number of carbonyl (C=O) groups excluding carboxylic acids is 2. The predicted octanol–water partition coefficient (Wildman–Crippen LogP) is 0.485. The van der Waals surface area contributed by atoms with E-state index in [0.717, 1.165) is 10.5 Å². The highest BCUT2D eigenvalue weighted by Crippen LogP contribution is 2.14. The van der Waals surface area contributed by atoms with E-state index in [1.54, 1.807) is 24.3 Å². The minimum Gasteiger partial charge on any atom is -0.508 e. The second kappa shape index (κ2) is 3.84. The molecule has 1 aliphatic heterocycles. The van der Waals surface area contributed by atoms with E-state index in [0.29, 0.717) is 6.42 Å². The zero-order valence-electron chi connectivity index (χ0n) is 8.80. The van der Waals surface area contributed by atoms with E-state index in [2.05, 4.69) is 5.32 Å². The zero-order valence-corrected chi connectivity index (χ0v) is 8.80. The summed E-state index contributed by atoms with van der Waals surface area (Å²) in [5.74, 6) is -0.0410. The molecule has 1 aromatic carbocycles. The molecule has 84 valence electrons. The molecule has 2 N–H and O–H groups in total. The fourth-order valence-electron chi connectivity index (χ4n) is 1.65. The Bertz CT molecular complexity index is 427. The number of nitrogens with zero attached hydrogens (tertiary/aromatic N) is 1. The lowest BCUT2D eigenvalue weighted by atomic mass is 10.1. The highest BCUT2D eigenvalue weighted by Gasteiger charge is 2.34. The molecule has 2 rings (SSSR count). The number of carbonyl (C=O) groups is 2. The van der Waals surface area contributed by atoms with Crippen LogP contribution in [0.3, 0.4) is 0 Å². The van der Waals surface area contributed by atoms with Crippen molar-refractivity contribution in [3.63, 3.8) is 0 Å². The number of nitrogens with one attached hydrogen (secondary N) is 1. The summed E-state index contributed by atoms with van der Waals surface area (Å²) < 4.78 is 0. The summed E-state index contributed by atoms with van der Waals surface area (Å²) in [6, 6.07) is 5.71. The van der Waals surface area contributed by atoms with Gasteiger partial charge in [-0.25, -0.2) is 4.79 Å². The maximum absolute atomic E-state index is 11.6. The van der Waals surface area contributed by atoms with Gasteiger partial charge >= 0.3 is 6.03 Å². The monoisotopic (exact) mass is 220 g/mol. The van der Waals surface area contributed by atoms with E-state index in [-0.39, 0.29) is 17.7 Å². The van der Waals surface area contributed by atoms with Crippen molar-refractivity contribution in [2.24, 2.45) is 0 Å². The van der Waals surface area contributed by atoms with Crippen molar-refractivity contribution in [3.8, 4) is 5.75 Å². The maximum Gasteiger partial charge on any atom is 0.324 e. The van der Waals surface area contributed by atoms with Gasteiger partial charge in [-0.15, -0.1) is 0 Å². The molecule has 0 bridgehead atoms. The largest absolute Gasteiger partial charge is 0.508 e. The highest BCUT2D eigenvalue weighted by atomic mass is 16.3. The summed E-state index contributed by atoms with van der Waals surface area (Å²) in [7, 11) is 1.45. The van der Waals surface area contributed by atoms with Crippen molar-refractivity contribution in [2.45, 2.75) is 12.5 Å². The quantitative estimate of drug-likeness (QED) is 0.712. The van der Waals surface area contributed by atoms with Crippen LogP contribution in [-0.2, 0) is 11.2 Å². The predicted molar refractivity (Wildman–Crippen MR) is 56.9 cm³/mol. The van der Waals surface area contributed by atoms with Crippen LogP contribution >= 0.6 is 0 Å². The molecule has 1 unspecified atom stereocenters. The van der Waals surface area contributed by atoms with E-state index in [4.69, 9.17) is 5.11 Å². The van der Waals surface area contributed by atoms with Gasteiger partial charge in [0.25, 0.3) is 5.91 Å². The molecule has 1 atom stereocenters. The topological polar surface area (TPSA) is 69.6 Å². The van der Waals surface area contributed by atoms with E-state index in [1.165, 1.54) is 7.05 Å². The lowest BCUT2D eigenvalue weighted by molar-refractivity contribution is -0.126. The van der Waals surface area contributed by atoms with Gasteiger partial charge in [0.2, 0.25) is 0 Å². The van der Waals surface area contributed by atoms with Crippen LogP contribution in [0.25, 0.3) is 0 Å². The molecule has 1 aliphatic rings. The number of amides is 3. The molecule has 5 heteroatoms. The molecule has 1 fully saturated rings. The molecular weight excluding hydrogens is 208 g/mol. The van der Waals surface area contributed by atoms with Crippen LogP contribution in [0.2, 0.25) is 0 Å². The number of hydrogen-bond acceptors (Lipinski definition) is 3. The van der Waals surface area contributed by atoms with Gasteiger partial charge in [0.05, 0.1) is 0 Å². The third-order valence-electron chi connectivity index (χ3n) is 2.61. The first kappa shape index (κ1) is 10.5. The van der Waals surface area contributed by atoms with Crippen LogP contribution < -0.4 is 5.32 Å². The number of urea groups is 1. The van der Waals surface area contributed by atoms with Gasteiger partial charge in [-0.1, -0.05) is 12.1 Å². The van der Waals surface area contributed by atoms with E-state index >= 15 is 0 Å². The standard InChI is InChI=1S/C11H12N2O3/c1-13-10(15)9(12-11(13)16)6-7-2-4-8(14)5-3-7/h2-5,9,14H,6H2,1H3,(H,12,16). The van der Waals surface area contributed by atoms with Gasteiger partial charge in [-0.2, -0.15) is 0 Å². The first-order valence-corrected chi connectivity index (χ1v) is 4.94. The van der Waals surface area contributed by atoms with Crippen LogP contribution in [0, 0.1) is 0 Å². The van der Waals surface area contributed by atoms with E-state index in [1.807, 2.05) is 0 Å². The normalized spacial score (nSPS) is 20.1. The number of imide groups is 1. The number of benzene rings is 1. The molecule has 1 aromatic rings. The van der Waals surface area contributed by atoms with Crippen molar-refractivity contribution >= 4 is 11.9 Å². The van der Waals surface area contributed by atoms with Crippen LogP contribution in [0.5, 0.6) is 5.75 Å². The Balaban J connectivity index is 2.09. The molecule has 3 amide bonds. The van der Waals surface area contributed by atoms with Crippen molar-refractivity contribution in [3.05, 3.63) is 29.8 Å². The number of hydrogen-bond donors (Lipinski definition) is 2. The summed E-state index contributed by atoms with van der Waals surface area (Å²) in [6.07, 6.45) is 0.440. The second-order valence-electron chi connectivity index (χ2n) is 3.77. The summed E-state index contributed by atoms with van der Waals surface area (Å²) >= 11 is 0. The fraction of sp³-hybridized carbons (Fsp3) is 0.273. The summed E-state index contributed by atoms with van der Waals surface area (Å²) in [6.45, 7) is 0. The summed E-state index contributed by atoms with van der Waals surface area (Å²) in [5, 5.41) is 11.7. The Morgan fingerprint density at radius 3 is 2.44 bits per heavy atom. The summed E-state index contributed by atoms with van der Waals surface area (Å²) in [4.78, 5) is 23.8. The molecule has 1 heterocycles. The van der Waals surface area contributed by atoms with Gasteiger partial charge in [-0.3, -0.25) is 9.69 Å². The molecule has 0 saturated carbocycles. The fourth-order valence-corrected chi connectivity index (χ4v) is 1.65. The van der Waals surface area contributed by atoms with Crippen LogP contribution in [0.4, 0.5) is 4.79 Å². The summed E-state index contributed by atoms with van der Waals surface area (Å²) in [5.41, 5.74) is 0.895. The third kappa shape index (κ3) is 1.84. The average Bonchev–Trinajstić information content (AvgIpc) is 2.50. The lowest BCUT2D eigenvalue weighted by Crippen LogP contribution is -2.31. The maximum atomic E-state index is 11.6. The molecule has 1 saturated heterocycles. The Labute approximate surface area is 92.7 Å². The number of phenolic OH excluding ortho intramolecular Hbond substituents is 1. The third-order valence-corrected chi connectivity index (χ3v) is 2.61. The first-order valence-electron chi connectivity index (χ1n) is 4.94. The van der Waals surface area contributed by atoms with Gasteiger partial charge in [0.15, 0.2) is 0 Å². The van der Waals surface area contributed by atoms with Crippen molar-refractivity contribution in [2.75, 3.05) is 7.05 Å². The Hall–Kier alpha value is -2.04. The van der Waals surface area contributed by atoms with Gasteiger partial charge < -0.3 is 10.4 Å². The van der Waals surface area contributed by atoms with Crippen LogP contribution in [0.15, 0.2) is 24.3 Å². The Morgan fingerprint density at radius 2 is 1.94 bits per heavy atom. The molecule has 0 aromatic heterocycles. The SMILES string of the molecule is CN1C(=O)NC(Cc2ccc(O)cc2)C1=O. The number of aromatic hydroxyl groups is 1. The zero-order chi connectivity index (χ0) is 11.7. The van der Waals surface area contributed by atoms with Crippen molar-refractivity contribution in [1.29, 1.82) is 0 Å². The molecule has 16 heavy (non-hydrogen) atoms. The second-order valence-corrected chi connectivity index (χ2v) is 3.77. The number of phenols is 1. The molecule has 0 aliphatic carbocycles. The van der Waals surface area contributed by atoms with Gasteiger partial charge in [-0.05, 0) is 17.7 Å². The average molecular weight is 220 g/mol. The lowest BCUT2D eigenvalue weighted by Gasteiger charge is -2.07. The number of likely N-dealkylation sites (N-methyl/N-ethyl adjacent to an activating group) is 1. The Kier molecular flexibility index (Phi) is 2.52. The molecule has 0 radical (unpaired) electrons. The highest BCUT2D eigenvalue weighted by molar-refractivity contribution is 6.03. The molecular formula is C11H12N2O3. The molecule has 0 spiro atoms. The number of rotatable bonds is 2. The first-order chi connectivity index (χ1) is 7.58. The van der Waals surface area contributed by atoms with Crippen LogP contribution in [-0.4, -0.2) is 35.0 Å². The molecule has 5 nitrogen and oxygen atoms in total.